The number of aryl methyl sites for hydroxylation is 1. The Bertz CT molecular complexity index is 957. The van der Waals surface area contributed by atoms with Crippen molar-refractivity contribution in [3.8, 4) is 0 Å². The number of nitrogens with zero attached hydrogens (tertiary/aromatic N) is 4. The first kappa shape index (κ1) is 19.1. The lowest BCUT2D eigenvalue weighted by Crippen LogP contribution is -2.53. The fourth-order valence-corrected chi connectivity index (χ4v) is 5.03. The number of fused-ring (bicyclic) bond motifs is 1. The molecule has 1 saturated heterocycles. The van der Waals surface area contributed by atoms with Crippen molar-refractivity contribution in [1.29, 1.82) is 0 Å². The largest absolute Gasteiger partial charge is 0.334 e. The van der Waals surface area contributed by atoms with Gasteiger partial charge in [0, 0.05) is 38.0 Å². The quantitative estimate of drug-likeness (QED) is 0.826. The molecule has 1 N–H and O–H groups in total. The van der Waals surface area contributed by atoms with Gasteiger partial charge in [0.2, 0.25) is 15.8 Å². The number of rotatable bonds is 4. The van der Waals surface area contributed by atoms with Crippen LogP contribution < -0.4 is 4.72 Å². The fourth-order valence-electron chi connectivity index (χ4n) is 4.24. The van der Waals surface area contributed by atoms with Gasteiger partial charge in [-0.3, -0.25) is 4.79 Å². The minimum Gasteiger partial charge on any atom is -0.334 e. The number of piperidine rings is 1. The van der Waals surface area contributed by atoms with Crippen molar-refractivity contribution in [2.45, 2.75) is 44.2 Å². The standard InChI is InChI=1S/C19H25N5O3S/c1-28(26,27)22-16-13-23(12-10-15(16)14-7-3-2-4-8-14)19(25)18-21-20-17-9-5-6-11-24(17)18/h2-4,7-8,15-16,22H,5-6,9-13H2,1H3/t15-,16-/m0/s1. The number of hydrogen-bond acceptors (Lipinski definition) is 5. The highest BCUT2D eigenvalue weighted by Gasteiger charge is 2.36. The average molecular weight is 404 g/mol. The first-order valence-corrected chi connectivity index (χ1v) is 11.5. The maximum Gasteiger partial charge on any atom is 0.291 e. The summed E-state index contributed by atoms with van der Waals surface area (Å²) in [6.45, 7) is 1.63. The Labute approximate surface area is 165 Å². The van der Waals surface area contributed by atoms with E-state index in [1.165, 1.54) is 0 Å². The minimum atomic E-state index is -3.40. The van der Waals surface area contributed by atoms with E-state index in [-0.39, 0.29) is 17.9 Å². The molecule has 3 heterocycles. The molecule has 0 spiro atoms. The van der Waals surface area contributed by atoms with Crippen LogP contribution in [0.2, 0.25) is 0 Å². The normalized spacial score (nSPS) is 22.7. The maximum atomic E-state index is 13.1. The van der Waals surface area contributed by atoms with Crippen molar-refractivity contribution in [2.24, 2.45) is 0 Å². The highest BCUT2D eigenvalue weighted by atomic mass is 32.2. The Hall–Kier alpha value is -2.26. The van der Waals surface area contributed by atoms with E-state index in [9.17, 15) is 13.2 Å². The van der Waals surface area contributed by atoms with E-state index in [0.717, 1.165) is 43.5 Å². The van der Waals surface area contributed by atoms with Gasteiger partial charge in [0.05, 0.1) is 6.26 Å². The Kier molecular flexibility index (Phi) is 5.20. The molecule has 0 bridgehead atoms. The molecular formula is C19H25N5O3S. The van der Waals surface area contributed by atoms with Gasteiger partial charge in [0.25, 0.3) is 5.91 Å². The number of aromatic nitrogens is 3. The lowest BCUT2D eigenvalue weighted by atomic mass is 9.86. The van der Waals surface area contributed by atoms with Gasteiger partial charge in [-0.25, -0.2) is 13.1 Å². The van der Waals surface area contributed by atoms with E-state index in [4.69, 9.17) is 0 Å². The van der Waals surface area contributed by atoms with Crippen molar-refractivity contribution < 1.29 is 13.2 Å². The zero-order chi connectivity index (χ0) is 19.7. The van der Waals surface area contributed by atoms with E-state index in [0.29, 0.717) is 25.3 Å². The number of sulfonamides is 1. The zero-order valence-electron chi connectivity index (χ0n) is 15.9. The molecule has 2 atom stereocenters. The average Bonchev–Trinajstić information content (AvgIpc) is 3.11. The van der Waals surface area contributed by atoms with Crippen LogP contribution in [0, 0.1) is 0 Å². The van der Waals surface area contributed by atoms with E-state index < -0.39 is 10.0 Å². The first-order chi connectivity index (χ1) is 13.4. The molecule has 2 aliphatic heterocycles. The molecule has 1 aromatic heterocycles. The molecule has 8 nitrogen and oxygen atoms in total. The second-order valence-corrected chi connectivity index (χ2v) is 9.38. The first-order valence-electron chi connectivity index (χ1n) is 9.66. The summed E-state index contributed by atoms with van der Waals surface area (Å²) in [6.07, 6.45) is 4.76. The molecule has 150 valence electrons. The predicted molar refractivity (Wildman–Crippen MR) is 104 cm³/mol. The molecule has 2 aromatic rings. The molecule has 2 aliphatic rings. The summed E-state index contributed by atoms with van der Waals surface area (Å²) in [5.41, 5.74) is 1.08. The molecule has 0 unspecified atom stereocenters. The molecule has 9 heteroatoms. The van der Waals surface area contributed by atoms with Gasteiger partial charge in [-0.05, 0) is 24.8 Å². The van der Waals surface area contributed by atoms with Crippen LogP contribution in [0.25, 0.3) is 0 Å². The van der Waals surface area contributed by atoms with Crippen LogP contribution in [0.3, 0.4) is 0 Å². The maximum absolute atomic E-state index is 13.1. The minimum absolute atomic E-state index is 0.0206. The molecule has 0 radical (unpaired) electrons. The second kappa shape index (κ2) is 7.63. The molecule has 1 amide bonds. The molecule has 1 aromatic carbocycles. The number of likely N-dealkylation sites (tertiary alicyclic amines) is 1. The zero-order valence-corrected chi connectivity index (χ0v) is 16.7. The number of benzene rings is 1. The monoisotopic (exact) mass is 403 g/mol. The van der Waals surface area contributed by atoms with Crippen LogP contribution in [0.4, 0.5) is 0 Å². The van der Waals surface area contributed by atoms with Crippen molar-refractivity contribution in [1.82, 2.24) is 24.4 Å². The number of carbonyl (C=O) groups excluding carboxylic acids is 1. The number of carbonyl (C=O) groups is 1. The molecule has 4 rings (SSSR count). The van der Waals surface area contributed by atoms with Crippen molar-refractivity contribution in [3.63, 3.8) is 0 Å². The van der Waals surface area contributed by atoms with E-state index >= 15 is 0 Å². The number of hydrogen-bond donors (Lipinski definition) is 1. The molecule has 0 saturated carbocycles. The van der Waals surface area contributed by atoms with Crippen molar-refractivity contribution in [3.05, 3.63) is 47.5 Å². The van der Waals surface area contributed by atoms with Crippen molar-refractivity contribution in [2.75, 3.05) is 19.3 Å². The van der Waals surface area contributed by atoms with Crippen LogP contribution in [0.5, 0.6) is 0 Å². The van der Waals surface area contributed by atoms with Crippen LogP contribution in [-0.4, -0.2) is 59.4 Å². The summed E-state index contributed by atoms with van der Waals surface area (Å²) in [5, 5.41) is 8.30. The van der Waals surface area contributed by atoms with Gasteiger partial charge in [-0.1, -0.05) is 30.3 Å². The van der Waals surface area contributed by atoms with Gasteiger partial charge in [-0.15, -0.1) is 10.2 Å². The number of nitrogens with one attached hydrogen (secondary N) is 1. The SMILES string of the molecule is CS(=O)(=O)N[C@H]1CN(C(=O)c2nnc3n2CCCC3)CC[C@H]1c1ccccc1. The Morgan fingerprint density at radius 1 is 1.14 bits per heavy atom. The molecule has 0 aliphatic carbocycles. The third-order valence-electron chi connectivity index (χ3n) is 5.54. The summed E-state index contributed by atoms with van der Waals surface area (Å²) < 4.78 is 28.5. The van der Waals surface area contributed by atoms with Gasteiger partial charge < -0.3 is 9.47 Å². The Morgan fingerprint density at radius 2 is 1.93 bits per heavy atom. The highest BCUT2D eigenvalue weighted by Crippen LogP contribution is 2.29. The third kappa shape index (κ3) is 3.95. The van der Waals surface area contributed by atoms with Gasteiger partial charge in [0.15, 0.2) is 0 Å². The van der Waals surface area contributed by atoms with Crippen molar-refractivity contribution >= 4 is 15.9 Å². The molecule has 28 heavy (non-hydrogen) atoms. The van der Waals surface area contributed by atoms with Crippen LogP contribution in [-0.2, 0) is 23.0 Å². The smallest absolute Gasteiger partial charge is 0.291 e. The summed E-state index contributed by atoms with van der Waals surface area (Å²) in [6, 6.07) is 9.48. The van der Waals surface area contributed by atoms with E-state index in [2.05, 4.69) is 14.9 Å². The van der Waals surface area contributed by atoms with Crippen LogP contribution in [0.15, 0.2) is 30.3 Å². The summed E-state index contributed by atoms with van der Waals surface area (Å²) in [4.78, 5) is 14.8. The van der Waals surface area contributed by atoms with Crippen LogP contribution in [0.1, 0.15) is 47.2 Å². The van der Waals surface area contributed by atoms with E-state index in [1.807, 2.05) is 34.9 Å². The van der Waals surface area contributed by atoms with Crippen LogP contribution >= 0.6 is 0 Å². The fraction of sp³-hybridized carbons (Fsp3) is 0.526. The predicted octanol–water partition coefficient (Wildman–Crippen LogP) is 1.16. The summed E-state index contributed by atoms with van der Waals surface area (Å²) >= 11 is 0. The molecule has 1 fully saturated rings. The lowest BCUT2D eigenvalue weighted by molar-refractivity contribution is 0.0667. The Morgan fingerprint density at radius 3 is 2.68 bits per heavy atom. The van der Waals surface area contributed by atoms with Gasteiger partial charge in [0.1, 0.15) is 5.82 Å². The number of amides is 1. The highest BCUT2D eigenvalue weighted by molar-refractivity contribution is 7.88. The Balaban J connectivity index is 1.57. The summed E-state index contributed by atoms with van der Waals surface area (Å²) in [5.74, 6) is 1.07. The second-order valence-electron chi connectivity index (χ2n) is 7.60. The molecular weight excluding hydrogens is 378 g/mol. The van der Waals surface area contributed by atoms with E-state index in [1.54, 1.807) is 4.90 Å². The third-order valence-corrected chi connectivity index (χ3v) is 6.27. The topological polar surface area (TPSA) is 97.2 Å². The lowest BCUT2D eigenvalue weighted by Gasteiger charge is -2.38. The van der Waals surface area contributed by atoms with Gasteiger partial charge >= 0.3 is 0 Å². The summed E-state index contributed by atoms with van der Waals surface area (Å²) in [7, 11) is -3.40. The van der Waals surface area contributed by atoms with Gasteiger partial charge in [-0.2, -0.15) is 0 Å².